The molecule has 0 aliphatic carbocycles. The molecular weight excluding hydrogens is 178 g/mol. The first-order valence-corrected chi connectivity index (χ1v) is 4.47. The summed E-state index contributed by atoms with van der Waals surface area (Å²) in [6, 6.07) is 1.76. The number of nitrogens with one attached hydrogen (secondary N) is 1. The molecule has 0 saturated heterocycles. The summed E-state index contributed by atoms with van der Waals surface area (Å²) in [7, 11) is 0. The van der Waals surface area contributed by atoms with Crippen molar-refractivity contribution in [3.63, 3.8) is 0 Å². The van der Waals surface area contributed by atoms with Gasteiger partial charge >= 0.3 is 0 Å². The van der Waals surface area contributed by atoms with E-state index in [9.17, 15) is 4.79 Å². The van der Waals surface area contributed by atoms with E-state index in [0.717, 1.165) is 5.56 Å². The van der Waals surface area contributed by atoms with E-state index in [-0.39, 0.29) is 5.91 Å². The first kappa shape index (κ1) is 10.4. The van der Waals surface area contributed by atoms with Crippen molar-refractivity contribution < 1.29 is 9.21 Å². The molecule has 0 aromatic carbocycles. The summed E-state index contributed by atoms with van der Waals surface area (Å²) in [5.74, 6) is 5.84. The largest absolute Gasteiger partial charge is 0.459 e. The van der Waals surface area contributed by atoms with E-state index in [1.54, 1.807) is 13.0 Å². The zero-order valence-electron chi connectivity index (χ0n) is 8.39. The van der Waals surface area contributed by atoms with Gasteiger partial charge in [0.05, 0.1) is 6.26 Å². The minimum atomic E-state index is -0.176. The van der Waals surface area contributed by atoms with Crippen molar-refractivity contribution in [2.24, 2.45) is 0 Å². The van der Waals surface area contributed by atoms with Crippen LogP contribution in [0.25, 0.3) is 0 Å². The topological polar surface area (TPSA) is 42.2 Å². The van der Waals surface area contributed by atoms with Gasteiger partial charge in [0.15, 0.2) is 5.76 Å². The van der Waals surface area contributed by atoms with E-state index in [0.29, 0.717) is 18.7 Å². The van der Waals surface area contributed by atoms with E-state index in [2.05, 4.69) is 17.2 Å². The molecule has 74 valence electrons. The van der Waals surface area contributed by atoms with Gasteiger partial charge in [-0.15, -0.1) is 11.8 Å². The monoisotopic (exact) mass is 191 g/mol. The zero-order valence-corrected chi connectivity index (χ0v) is 8.39. The molecule has 0 unspecified atom stereocenters. The second-order valence-electron chi connectivity index (χ2n) is 2.87. The van der Waals surface area contributed by atoms with Crippen LogP contribution in [0.3, 0.4) is 0 Å². The summed E-state index contributed by atoms with van der Waals surface area (Å²) in [5, 5.41) is 2.73. The predicted octanol–water partition coefficient (Wildman–Crippen LogP) is 1.73. The summed E-state index contributed by atoms with van der Waals surface area (Å²) in [5.41, 5.74) is 0.851. The Hall–Kier alpha value is -1.69. The van der Waals surface area contributed by atoms with Crippen molar-refractivity contribution >= 4 is 5.91 Å². The Labute approximate surface area is 83.5 Å². The first-order chi connectivity index (χ1) is 6.75. The minimum absolute atomic E-state index is 0.176. The lowest BCUT2D eigenvalue weighted by Crippen LogP contribution is -2.24. The Balaban J connectivity index is 2.42. The van der Waals surface area contributed by atoms with Crippen LogP contribution in [0, 0.1) is 18.8 Å². The lowest BCUT2D eigenvalue weighted by Gasteiger charge is -2.00. The van der Waals surface area contributed by atoms with E-state index in [1.165, 1.54) is 6.26 Å². The SMILES string of the molecule is CC#CCCNC(=O)c1occc1C. The fourth-order valence-corrected chi connectivity index (χ4v) is 1.05. The van der Waals surface area contributed by atoms with Gasteiger partial charge in [-0.2, -0.15) is 0 Å². The fraction of sp³-hybridized carbons (Fsp3) is 0.364. The van der Waals surface area contributed by atoms with Gasteiger partial charge in [0.2, 0.25) is 0 Å². The lowest BCUT2D eigenvalue weighted by molar-refractivity contribution is 0.0926. The van der Waals surface area contributed by atoms with Crippen molar-refractivity contribution in [1.82, 2.24) is 5.32 Å². The molecule has 0 bridgehead atoms. The highest BCUT2D eigenvalue weighted by atomic mass is 16.3. The van der Waals surface area contributed by atoms with Crippen LogP contribution in [0.2, 0.25) is 0 Å². The summed E-state index contributed by atoms with van der Waals surface area (Å²) < 4.78 is 5.04. The summed E-state index contributed by atoms with van der Waals surface area (Å²) in [4.78, 5) is 11.4. The van der Waals surface area contributed by atoms with Crippen LogP contribution in [0.5, 0.6) is 0 Å². The molecule has 1 amide bonds. The van der Waals surface area contributed by atoms with Gasteiger partial charge in [-0.25, -0.2) is 0 Å². The molecular formula is C11H13NO2. The predicted molar refractivity (Wildman–Crippen MR) is 53.8 cm³/mol. The quantitative estimate of drug-likeness (QED) is 0.584. The van der Waals surface area contributed by atoms with E-state index in [1.807, 2.05) is 6.92 Å². The minimum Gasteiger partial charge on any atom is -0.459 e. The molecule has 0 aliphatic rings. The van der Waals surface area contributed by atoms with E-state index >= 15 is 0 Å². The van der Waals surface area contributed by atoms with Crippen LogP contribution < -0.4 is 5.32 Å². The van der Waals surface area contributed by atoms with Crippen LogP contribution in [0.1, 0.15) is 29.5 Å². The van der Waals surface area contributed by atoms with Gasteiger partial charge in [0.1, 0.15) is 0 Å². The third kappa shape index (κ3) is 2.67. The molecule has 3 heteroatoms. The Morgan fingerprint density at radius 3 is 3.00 bits per heavy atom. The average Bonchev–Trinajstić information content (AvgIpc) is 2.59. The Kier molecular flexibility index (Phi) is 3.81. The van der Waals surface area contributed by atoms with Crippen molar-refractivity contribution in [1.29, 1.82) is 0 Å². The number of hydrogen-bond donors (Lipinski definition) is 1. The van der Waals surface area contributed by atoms with Gasteiger partial charge in [-0.05, 0) is 19.9 Å². The number of amides is 1. The number of furan rings is 1. The van der Waals surface area contributed by atoms with Gasteiger partial charge in [-0.3, -0.25) is 4.79 Å². The van der Waals surface area contributed by atoms with Gasteiger partial charge in [-0.1, -0.05) is 0 Å². The third-order valence-corrected chi connectivity index (χ3v) is 1.78. The lowest BCUT2D eigenvalue weighted by atomic mass is 10.2. The Morgan fingerprint density at radius 1 is 1.64 bits per heavy atom. The normalized spacial score (nSPS) is 9.00. The van der Waals surface area contributed by atoms with Gasteiger partial charge < -0.3 is 9.73 Å². The highest BCUT2D eigenvalue weighted by Crippen LogP contribution is 2.07. The number of hydrogen-bond acceptors (Lipinski definition) is 2. The highest BCUT2D eigenvalue weighted by Gasteiger charge is 2.10. The molecule has 3 nitrogen and oxygen atoms in total. The molecule has 14 heavy (non-hydrogen) atoms. The van der Waals surface area contributed by atoms with Crippen LogP contribution >= 0.6 is 0 Å². The second-order valence-corrected chi connectivity index (χ2v) is 2.87. The van der Waals surface area contributed by atoms with Crippen molar-refractivity contribution in [2.75, 3.05) is 6.54 Å². The summed E-state index contributed by atoms with van der Waals surface area (Å²) in [6.45, 7) is 4.17. The maximum atomic E-state index is 11.4. The van der Waals surface area contributed by atoms with Crippen LogP contribution in [-0.2, 0) is 0 Å². The first-order valence-electron chi connectivity index (χ1n) is 4.47. The molecule has 0 saturated carbocycles. The molecule has 1 heterocycles. The molecule has 1 N–H and O–H groups in total. The molecule has 1 aromatic rings. The smallest absolute Gasteiger partial charge is 0.287 e. The van der Waals surface area contributed by atoms with Crippen LogP contribution in [0.4, 0.5) is 0 Å². The Bertz CT molecular complexity index is 368. The number of rotatable bonds is 3. The molecule has 0 radical (unpaired) electrons. The second kappa shape index (κ2) is 5.13. The maximum Gasteiger partial charge on any atom is 0.287 e. The number of aryl methyl sites for hydroxylation is 1. The molecule has 0 aliphatic heterocycles. The van der Waals surface area contributed by atoms with E-state index < -0.39 is 0 Å². The summed E-state index contributed by atoms with van der Waals surface area (Å²) >= 11 is 0. The Morgan fingerprint density at radius 2 is 2.43 bits per heavy atom. The zero-order chi connectivity index (χ0) is 10.4. The van der Waals surface area contributed by atoms with Crippen LogP contribution in [0.15, 0.2) is 16.7 Å². The molecule has 1 rings (SSSR count). The van der Waals surface area contributed by atoms with Gasteiger partial charge in [0.25, 0.3) is 5.91 Å². The number of carbonyl (C=O) groups is 1. The number of carbonyl (C=O) groups excluding carboxylic acids is 1. The summed E-state index contributed by atoms with van der Waals surface area (Å²) in [6.07, 6.45) is 2.18. The molecule has 0 atom stereocenters. The van der Waals surface area contributed by atoms with Crippen LogP contribution in [-0.4, -0.2) is 12.5 Å². The van der Waals surface area contributed by atoms with Crippen molar-refractivity contribution in [3.05, 3.63) is 23.7 Å². The molecule has 1 aromatic heterocycles. The van der Waals surface area contributed by atoms with Crippen molar-refractivity contribution in [2.45, 2.75) is 20.3 Å². The molecule has 0 fully saturated rings. The third-order valence-electron chi connectivity index (χ3n) is 1.78. The van der Waals surface area contributed by atoms with Crippen molar-refractivity contribution in [3.8, 4) is 11.8 Å². The van der Waals surface area contributed by atoms with Gasteiger partial charge in [0, 0.05) is 18.5 Å². The van der Waals surface area contributed by atoms with E-state index in [4.69, 9.17) is 4.42 Å². The standard InChI is InChI=1S/C11H13NO2/c1-3-4-5-7-12-11(13)10-9(2)6-8-14-10/h6,8H,5,7H2,1-2H3,(H,12,13). The average molecular weight is 191 g/mol. The fourth-order valence-electron chi connectivity index (χ4n) is 1.05. The maximum absolute atomic E-state index is 11.4. The highest BCUT2D eigenvalue weighted by molar-refractivity contribution is 5.92. The molecule has 0 spiro atoms.